The van der Waals surface area contributed by atoms with Crippen molar-refractivity contribution in [2.75, 3.05) is 18.6 Å². The average Bonchev–Trinajstić information content (AvgIpc) is 3.28. The first kappa shape index (κ1) is 23.0. The highest BCUT2D eigenvalue weighted by Crippen LogP contribution is 2.30. The third-order valence-corrected chi connectivity index (χ3v) is 5.50. The number of nitro groups is 1. The van der Waals surface area contributed by atoms with E-state index in [1.54, 1.807) is 17.5 Å². The fourth-order valence-corrected chi connectivity index (χ4v) is 3.83. The van der Waals surface area contributed by atoms with Gasteiger partial charge in [0, 0.05) is 35.2 Å². The summed E-state index contributed by atoms with van der Waals surface area (Å²) in [6.45, 7) is 2.30. The Hall–Kier alpha value is -3.66. The molecule has 0 atom stereocenters. The molecule has 32 heavy (non-hydrogen) atoms. The van der Waals surface area contributed by atoms with Gasteiger partial charge in [0.05, 0.1) is 23.3 Å². The topological polar surface area (TPSA) is 103 Å². The zero-order valence-corrected chi connectivity index (χ0v) is 18.2. The number of halogens is 1. The summed E-state index contributed by atoms with van der Waals surface area (Å²) in [4.78, 5) is 41.9. The Morgan fingerprint density at radius 3 is 2.50 bits per heavy atom. The van der Waals surface area contributed by atoms with E-state index >= 15 is 0 Å². The smallest absolute Gasteiger partial charge is 0.338 e. The van der Waals surface area contributed by atoms with Crippen molar-refractivity contribution in [3.8, 4) is 11.3 Å². The summed E-state index contributed by atoms with van der Waals surface area (Å²) in [5, 5.41) is 13.5. The van der Waals surface area contributed by atoms with Gasteiger partial charge in [-0.3, -0.25) is 19.8 Å². The zero-order valence-electron chi connectivity index (χ0n) is 17.4. The number of rotatable bonds is 8. The Labute approximate surface area is 187 Å². The lowest BCUT2D eigenvalue weighted by atomic mass is 10.1. The molecule has 0 radical (unpaired) electrons. The lowest BCUT2D eigenvalue weighted by molar-refractivity contribution is -0.384. The normalized spacial score (nSPS) is 10.6. The number of nitrogens with zero attached hydrogens (tertiary/aromatic N) is 3. The van der Waals surface area contributed by atoms with Crippen molar-refractivity contribution in [1.29, 1.82) is 0 Å². The van der Waals surface area contributed by atoms with Crippen LogP contribution in [0.3, 0.4) is 0 Å². The molecule has 3 rings (SSSR count). The summed E-state index contributed by atoms with van der Waals surface area (Å²) in [6, 6.07) is 9.30. The molecular formula is C22H20FN3O5S. The minimum absolute atomic E-state index is 0.0192. The predicted octanol–water partition coefficient (Wildman–Crippen LogP) is 5.09. The van der Waals surface area contributed by atoms with Crippen molar-refractivity contribution in [1.82, 2.24) is 4.98 Å². The molecule has 8 nitrogen and oxygen atoms in total. The highest BCUT2D eigenvalue weighted by atomic mass is 32.1. The van der Waals surface area contributed by atoms with Crippen LogP contribution in [-0.4, -0.2) is 35.4 Å². The largest absolute Gasteiger partial charge is 0.465 e. The first-order chi connectivity index (χ1) is 15.3. The number of unbranched alkanes of at least 4 members (excludes halogenated alkanes) is 1. The van der Waals surface area contributed by atoms with Crippen molar-refractivity contribution in [2.24, 2.45) is 0 Å². The van der Waals surface area contributed by atoms with Crippen LogP contribution in [0.25, 0.3) is 11.3 Å². The maximum atomic E-state index is 13.3. The van der Waals surface area contributed by atoms with E-state index in [0.717, 1.165) is 25.7 Å². The number of carbonyl (C=O) groups is 2. The second-order valence-electron chi connectivity index (χ2n) is 6.85. The molecule has 0 bridgehead atoms. The zero-order chi connectivity index (χ0) is 23.3. The highest BCUT2D eigenvalue weighted by Gasteiger charge is 2.25. The van der Waals surface area contributed by atoms with Crippen molar-refractivity contribution in [3.63, 3.8) is 0 Å². The molecule has 0 spiro atoms. The Balaban J connectivity index is 2.00. The summed E-state index contributed by atoms with van der Waals surface area (Å²) < 4.78 is 17.9. The molecule has 0 aliphatic carbocycles. The Kier molecular flexibility index (Phi) is 7.26. The molecule has 166 valence electrons. The summed E-state index contributed by atoms with van der Waals surface area (Å²) in [7, 11) is 1.16. The van der Waals surface area contributed by atoms with E-state index in [4.69, 9.17) is 0 Å². The van der Waals surface area contributed by atoms with Gasteiger partial charge >= 0.3 is 5.97 Å². The van der Waals surface area contributed by atoms with Crippen molar-refractivity contribution in [2.45, 2.75) is 19.8 Å². The maximum Gasteiger partial charge on any atom is 0.338 e. The van der Waals surface area contributed by atoms with Crippen LogP contribution >= 0.6 is 11.3 Å². The molecule has 0 unspecified atom stereocenters. The van der Waals surface area contributed by atoms with Gasteiger partial charge in [0.2, 0.25) is 0 Å². The van der Waals surface area contributed by atoms with Crippen molar-refractivity contribution in [3.05, 3.63) is 74.9 Å². The van der Waals surface area contributed by atoms with Crippen LogP contribution in [0.4, 0.5) is 15.2 Å². The summed E-state index contributed by atoms with van der Waals surface area (Å²) in [5.41, 5.74) is 0.771. The van der Waals surface area contributed by atoms with Gasteiger partial charge in [-0.1, -0.05) is 13.3 Å². The third kappa shape index (κ3) is 5.14. The first-order valence-corrected chi connectivity index (χ1v) is 10.6. The third-order valence-electron chi connectivity index (χ3n) is 4.64. The SMILES string of the molecule is CCCCN(C(=O)c1cc(C(=O)OC)cc([N+](=O)[O-])c1)c1nc(-c2ccc(F)cc2)cs1. The van der Waals surface area contributed by atoms with Gasteiger partial charge in [-0.15, -0.1) is 11.3 Å². The lowest BCUT2D eigenvalue weighted by Crippen LogP contribution is -2.32. The van der Waals surface area contributed by atoms with Gasteiger partial charge in [-0.25, -0.2) is 14.2 Å². The maximum absolute atomic E-state index is 13.3. The number of carbonyl (C=O) groups excluding carboxylic acids is 2. The van der Waals surface area contributed by atoms with Gasteiger partial charge in [0.1, 0.15) is 5.82 Å². The highest BCUT2D eigenvalue weighted by molar-refractivity contribution is 7.14. The number of anilines is 1. The Morgan fingerprint density at radius 1 is 1.19 bits per heavy atom. The number of hydrogen-bond donors (Lipinski definition) is 0. The second kappa shape index (κ2) is 10.1. The number of thiazole rings is 1. The van der Waals surface area contributed by atoms with Crippen LogP contribution in [0.5, 0.6) is 0 Å². The predicted molar refractivity (Wildman–Crippen MR) is 119 cm³/mol. The lowest BCUT2D eigenvalue weighted by Gasteiger charge is -2.20. The molecule has 0 fully saturated rings. The average molecular weight is 457 g/mol. The summed E-state index contributed by atoms with van der Waals surface area (Å²) >= 11 is 1.23. The monoisotopic (exact) mass is 457 g/mol. The van der Waals surface area contributed by atoms with E-state index in [0.29, 0.717) is 29.4 Å². The van der Waals surface area contributed by atoms with Gasteiger partial charge < -0.3 is 4.74 Å². The summed E-state index contributed by atoms with van der Waals surface area (Å²) in [6.07, 6.45) is 1.48. The van der Waals surface area contributed by atoms with Crippen LogP contribution in [0.15, 0.2) is 47.8 Å². The number of methoxy groups -OCH3 is 1. The molecule has 10 heteroatoms. The Morgan fingerprint density at radius 2 is 1.88 bits per heavy atom. The fraction of sp³-hybridized carbons (Fsp3) is 0.227. The van der Waals surface area contributed by atoms with E-state index in [1.807, 2.05) is 6.92 Å². The van der Waals surface area contributed by atoms with E-state index in [2.05, 4.69) is 9.72 Å². The molecule has 0 aliphatic heterocycles. The van der Waals surface area contributed by atoms with E-state index < -0.39 is 22.5 Å². The number of esters is 1. The molecule has 0 saturated carbocycles. The molecule has 1 aromatic heterocycles. The number of ether oxygens (including phenoxy) is 1. The van der Waals surface area contributed by atoms with E-state index in [-0.39, 0.29) is 16.9 Å². The van der Waals surface area contributed by atoms with Crippen molar-refractivity contribution < 1.29 is 23.6 Å². The second-order valence-corrected chi connectivity index (χ2v) is 7.69. The number of aromatic nitrogens is 1. The Bertz CT molecular complexity index is 1150. The summed E-state index contributed by atoms with van der Waals surface area (Å²) in [5.74, 6) is -1.67. The van der Waals surface area contributed by atoms with Crippen LogP contribution < -0.4 is 4.90 Å². The number of benzene rings is 2. The van der Waals surface area contributed by atoms with Gasteiger partial charge in [-0.2, -0.15) is 0 Å². The van der Waals surface area contributed by atoms with Crippen LogP contribution in [0, 0.1) is 15.9 Å². The quantitative estimate of drug-likeness (QED) is 0.265. The van der Waals surface area contributed by atoms with E-state index in [9.17, 15) is 24.1 Å². The number of hydrogen-bond acceptors (Lipinski definition) is 7. The van der Waals surface area contributed by atoms with Crippen LogP contribution in [0.1, 0.15) is 40.5 Å². The van der Waals surface area contributed by atoms with Crippen molar-refractivity contribution >= 4 is 34.0 Å². The van der Waals surface area contributed by atoms with Gasteiger partial charge in [-0.05, 0) is 36.8 Å². The number of nitro benzene ring substituents is 1. The molecule has 3 aromatic rings. The number of amides is 1. The molecule has 0 aliphatic rings. The van der Waals surface area contributed by atoms with Gasteiger partial charge in [0.25, 0.3) is 11.6 Å². The molecule has 2 aromatic carbocycles. The van der Waals surface area contributed by atoms with Crippen LogP contribution in [-0.2, 0) is 4.74 Å². The minimum Gasteiger partial charge on any atom is -0.465 e. The molecule has 0 saturated heterocycles. The molecular weight excluding hydrogens is 437 g/mol. The molecule has 0 N–H and O–H groups in total. The minimum atomic E-state index is -0.782. The first-order valence-electron chi connectivity index (χ1n) is 9.75. The van der Waals surface area contributed by atoms with Crippen LogP contribution in [0.2, 0.25) is 0 Å². The molecule has 1 amide bonds. The standard InChI is InChI=1S/C22H20FN3O5S/c1-3-4-9-25(22-24-19(13-32-22)14-5-7-17(23)8-6-14)20(27)15-10-16(21(28)31-2)12-18(11-15)26(29)30/h5-8,10-13H,3-4,9H2,1-2H3. The van der Waals surface area contributed by atoms with Gasteiger partial charge in [0.15, 0.2) is 5.13 Å². The fourth-order valence-electron chi connectivity index (χ4n) is 2.97. The van der Waals surface area contributed by atoms with E-state index in [1.165, 1.54) is 34.4 Å². The number of non-ortho nitro benzene ring substituents is 1. The molecule has 1 heterocycles.